The Bertz CT molecular complexity index is 905. The summed E-state index contributed by atoms with van der Waals surface area (Å²) in [5.41, 5.74) is 2.80. The molecule has 0 N–H and O–H groups in total. The first-order valence-corrected chi connectivity index (χ1v) is 9.42. The van der Waals surface area contributed by atoms with Crippen LogP contribution in [0.5, 0.6) is 11.5 Å². The van der Waals surface area contributed by atoms with Crippen molar-refractivity contribution >= 4 is 17.3 Å². The van der Waals surface area contributed by atoms with E-state index in [4.69, 9.17) is 14.2 Å². The molecule has 0 saturated heterocycles. The highest BCUT2D eigenvalue weighted by Gasteiger charge is 2.17. The van der Waals surface area contributed by atoms with Crippen molar-refractivity contribution in [2.75, 3.05) is 7.11 Å². The third-order valence-electron chi connectivity index (χ3n) is 3.90. The molecule has 3 aromatic rings. The molecule has 0 saturated carbocycles. The highest BCUT2D eigenvalue weighted by atomic mass is 32.1. The number of aryl methyl sites for hydroxylation is 1. The molecule has 0 bridgehead atoms. The number of hydrogen-bond acceptors (Lipinski definition) is 6. The lowest BCUT2D eigenvalue weighted by Gasteiger charge is -2.13. The zero-order valence-electron chi connectivity index (χ0n) is 15.5. The summed E-state index contributed by atoms with van der Waals surface area (Å²) < 4.78 is 16.2. The Morgan fingerprint density at radius 3 is 2.67 bits per heavy atom. The molecule has 5 nitrogen and oxygen atoms in total. The summed E-state index contributed by atoms with van der Waals surface area (Å²) in [4.78, 5) is 16.7. The maximum absolute atomic E-state index is 12.2. The highest BCUT2D eigenvalue weighted by Crippen LogP contribution is 2.27. The minimum absolute atomic E-state index is 0.112. The molecule has 0 spiro atoms. The number of carbonyl (C=O) groups is 1. The molecule has 2 aromatic carbocycles. The molecule has 1 unspecified atom stereocenters. The van der Waals surface area contributed by atoms with E-state index in [0.29, 0.717) is 11.4 Å². The molecule has 0 aliphatic carbocycles. The van der Waals surface area contributed by atoms with E-state index in [1.807, 2.05) is 60.8 Å². The summed E-state index contributed by atoms with van der Waals surface area (Å²) in [5.74, 6) is 0.989. The van der Waals surface area contributed by atoms with Gasteiger partial charge in [0.05, 0.1) is 12.8 Å². The molecular formula is C21H21NO4S. The monoisotopic (exact) mass is 383 g/mol. The van der Waals surface area contributed by atoms with E-state index in [-0.39, 0.29) is 6.61 Å². The van der Waals surface area contributed by atoms with Crippen molar-refractivity contribution in [3.05, 3.63) is 65.2 Å². The standard InChI is InChI=1S/C21H21NO4S/c1-14-7-9-18(10-8-14)26-15(2)21(23)25-12-17-13-27-20(22-17)16-5-4-6-19(11-16)24-3/h4-11,13,15H,12H2,1-3H3. The van der Waals surface area contributed by atoms with Gasteiger partial charge < -0.3 is 14.2 Å². The molecule has 0 fully saturated rings. The fourth-order valence-electron chi connectivity index (χ4n) is 2.39. The second-order valence-electron chi connectivity index (χ2n) is 6.06. The fraction of sp³-hybridized carbons (Fsp3) is 0.238. The van der Waals surface area contributed by atoms with Crippen molar-refractivity contribution < 1.29 is 19.0 Å². The van der Waals surface area contributed by atoms with Crippen LogP contribution >= 0.6 is 11.3 Å². The number of methoxy groups -OCH3 is 1. The van der Waals surface area contributed by atoms with E-state index >= 15 is 0 Å². The second kappa shape index (κ2) is 8.68. The highest BCUT2D eigenvalue weighted by molar-refractivity contribution is 7.13. The SMILES string of the molecule is COc1cccc(-c2nc(COC(=O)C(C)Oc3ccc(C)cc3)cs2)c1. The van der Waals surface area contributed by atoms with Crippen LogP contribution in [-0.2, 0) is 16.1 Å². The molecule has 6 heteroatoms. The van der Waals surface area contributed by atoms with Gasteiger partial charge in [-0.15, -0.1) is 11.3 Å². The third-order valence-corrected chi connectivity index (χ3v) is 4.84. The van der Waals surface area contributed by atoms with Crippen LogP contribution in [0.25, 0.3) is 10.6 Å². The van der Waals surface area contributed by atoms with E-state index in [9.17, 15) is 4.79 Å². The molecule has 0 aliphatic heterocycles. The zero-order chi connectivity index (χ0) is 19.2. The summed E-state index contributed by atoms with van der Waals surface area (Å²) in [6.07, 6.45) is -0.691. The van der Waals surface area contributed by atoms with Gasteiger partial charge in [0.15, 0.2) is 6.10 Å². The van der Waals surface area contributed by atoms with Gasteiger partial charge >= 0.3 is 5.97 Å². The van der Waals surface area contributed by atoms with Crippen LogP contribution in [0.2, 0.25) is 0 Å². The normalized spacial score (nSPS) is 11.7. The van der Waals surface area contributed by atoms with Gasteiger partial charge in [-0.1, -0.05) is 29.8 Å². The van der Waals surface area contributed by atoms with Gasteiger partial charge in [0, 0.05) is 10.9 Å². The minimum Gasteiger partial charge on any atom is -0.497 e. The Morgan fingerprint density at radius 1 is 1.15 bits per heavy atom. The Morgan fingerprint density at radius 2 is 1.93 bits per heavy atom. The zero-order valence-corrected chi connectivity index (χ0v) is 16.3. The van der Waals surface area contributed by atoms with E-state index in [1.165, 1.54) is 11.3 Å². The van der Waals surface area contributed by atoms with Crippen LogP contribution in [0, 0.1) is 6.92 Å². The molecule has 0 aliphatic rings. The van der Waals surface area contributed by atoms with Crippen molar-refractivity contribution in [3.8, 4) is 22.1 Å². The van der Waals surface area contributed by atoms with Crippen molar-refractivity contribution in [1.82, 2.24) is 4.98 Å². The quantitative estimate of drug-likeness (QED) is 0.557. The number of benzene rings is 2. The summed E-state index contributed by atoms with van der Waals surface area (Å²) in [6, 6.07) is 15.2. The lowest BCUT2D eigenvalue weighted by Crippen LogP contribution is -2.26. The first-order chi connectivity index (χ1) is 13.0. The number of nitrogens with zero attached hydrogens (tertiary/aromatic N) is 1. The van der Waals surface area contributed by atoms with Crippen LogP contribution < -0.4 is 9.47 Å². The number of carbonyl (C=O) groups excluding carboxylic acids is 1. The Hall–Kier alpha value is -2.86. The average Bonchev–Trinajstić information content (AvgIpc) is 3.17. The molecule has 140 valence electrons. The Kier molecular flexibility index (Phi) is 6.08. The molecular weight excluding hydrogens is 362 g/mol. The van der Waals surface area contributed by atoms with Gasteiger partial charge in [-0.25, -0.2) is 9.78 Å². The second-order valence-corrected chi connectivity index (χ2v) is 6.91. The molecule has 1 aromatic heterocycles. The Labute approximate surface area is 162 Å². The number of thiazole rings is 1. The topological polar surface area (TPSA) is 57.7 Å². The average molecular weight is 383 g/mol. The van der Waals surface area contributed by atoms with Gasteiger partial charge in [-0.3, -0.25) is 0 Å². The van der Waals surface area contributed by atoms with Crippen molar-refractivity contribution in [2.24, 2.45) is 0 Å². The summed E-state index contributed by atoms with van der Waals surface area (Å²) in [7, 11) is 1.63. The van der Waals surface area contributed by atoms with Crippen LogP contribution in [0.15, 0.2) is 53.9 Å². The van der Waals surface area contributed by atoms with E-state index < -0.39 is 12.1 Å². The maximum Gasteiger partial charge on any atom is 0.347 e. The first-order valence-electron chi connectivity index (χ1n) is 8.54. The largest absolute Gasteiger partial charge is 0.497 e. The van der Waals surface area contributed by atoms with E-state index in [2.05, 4.69) is 4.98 Å². The molecule has 3 rings (SSSR count). The first kappa shape index (κ1) is 18.9. The van der Waals surface area contributed by atoms with Crippen LogP contribution in [-0.4, -0.2) is 24.2 Å². The van der Waals surface area contributed by atoms with E-state index in [0.717, 1.165) is 21.9 Å². The van der Waals surface area contributed by atoms with Gasteiger partial charge in [-0.05, 0) is 38.1 Å². The van der Waals surface area contributed by atoms with Gasteiger partial charge in [-0.2, -0.15) is 0 Å². The van der Waals surface area contributed by atoms with Crippen LogP contribution in [0.1, 0.15) is 18.2 Å². The fourth-order valence-corrected chi connectivity index (χ4v) is 3.19. The number of hydrogen-bond donors (Lipinski definition) is 0. The van der Waals surface area contributed by atoms with E-state index in [1.54, 1.807) is 14.0 Å². The number of rotatable bonds is 7. The molecule has 1 heterocycles. The number of esters is 1. The third kappa shape index (κ3) is 5.08. The lowest BCUT2D eigenvalue weighted by atomic mass is 10.2. The maximum atomic E-state index is 12.2. The molecule has 0 amide bonds. The number of ether oxygens (including phenoxy) is 3. The van der Waals surface area contributed by atoms with Gasteiger partial charge in [0.2, 0.25) is 0 Å². The van der Waals surface area contributed by atoms with Gasteiger partial charge in [0.25, 0.3) is 0 Å². The summed E-state index contributed by atoms with van der Waals surface area (Å²) in [6.45, 7) is 3.78. The van der Waals surface area contributed by atoms with Crippen LogP contribution in [0.4, 0.5) is 0 Å². The van der Waals surface area contributed by atoms with Crippen molar-refractivity contribution in [3.63, 3.8) is 0 Å². The lowest BCUT2D eigenvalue weighted by molar-refractivity contribution is -0.152. The van der Waals surface area contributed by atoms with Crippen LogP contribution in [0.3, 0.4) is 0 Å². The number of aromatic nitrogens is 1. The Balaban J connectivity index is 1.55. The predicted molar refractivity (Wildman–Crippen MR) is 105 cm³/mol. The molecule has 0 radical (unpaired) electrons. The summed E-state index contributed by atoms with van der Waals surface area (Å²) >= 11 is 1.50. The van der Waals surface area contributed by atoms with Crippen molar-refractivity contribution in [1.29, 1.82) is 0 Å². The van der Waals surface area contributed by atoms with Crippen molar-refractivity contribution in [2.45, 2.75) is 26.6 Å². The minimum atomic E-state index is -0.691. The molecule has 27 heavy (non-hydrogen) atoms. The smallest absolute Gasteiger partial charge is 0.347 e. The van der Waals surface area contributed by atoms with Gasteiger partial charge in [0.1, 0.15) is 23.1 Å². The molecule has 1 atom stereocenters. The summed E-state index contributed by atoms with van der Waals surface area (Å²) in [5, 5.41) is 2.73. The predicted octanol–water partition coefficient (Wildman–Crippen LogP) is 4.64.